The van der Waals surface area contributed by atoms with Crippen LogP contribution < -0.4 is 10.1 Å². The van der Waals surface area contributed by atoms with Gasteiger partial charge in [0.25, 0.3) is 0 Å². The number of nitrogens with zero attached hydrogens (tertiary/aromatic N) is 3. The maximum absolute atomic E-state index is 12.5. The number of nitrogens with one attached hydrogen (secondary N) is 1. The molecule has 7 nitrogen and oxygen atoms in total. The molecule has 1 saturated heterocycles. The van der Waals surface area contributed by atoms with Crippen molar-refractivity contribution in [3.8, 4) is 5.75 Å². The van der Waals surface area contributed by atoms with E-state index in [2.05, 4.69) is 27.6 Å². The SMILES string of the molecule is COCCNC(=O)C[C@H]1CC2(CCN(Cc3cnn(C)c3)CC2)Oc2ccccc21. The highest BCUT2D eigenvalue weighted by Crippen LogP contribution is 2.46. The van der Waals surface area contributed by atoms with Crippen LogP contribution in [0.2, 0.25) is 0 Å². The van der Waals surface area contributed by atoms with Gasteiger partial charge in [-0.2, -0.15) is 5.10 Å². The van der Waals surface area contributed by atoms with Crippen molar-refractivity contribution in [2.45, 2.75) is 43.7 Å². The lowest BCUT2D eigenvalue weighted by atomic mass is 9.76. The monoisotopic (exact) mass is 412 g/mol. The van der Waals surface area contributed by atoms with Crippen LogP contribution in [0.3, 0.4) is 0 Å². The minimum absolute atomic E-state index is 0.0814. The van der Waals surface area contributed by atoms with Crippen molar-refractivity contribution in [2.24, 2.45) is 7.05 Å². The number of amides is 1. The Morgan fingerprint density at radius 1 is 1.33 bits per heavy atom. The first-order chi connectivity index (χ1) is 14.6. The summed E-state index contributed by atoms with van der Waals surface area (Å²) in [4.78, 5) is 15.0. The summed E-state index contributed by atoms with van der Waals surface area (Å²) in [7, 11) is 3.60. The second-order valence-corrected chi connectivity index (χ2v) is 8.57. The maximum Gasteiger partial charge on any atom is 0.220 e. The fourth-order valence-corrected chi connectivity index (χ4v) is 4.75. The zero-order valence-electron chi connectivity index (χ0n) is 18.0. The third kappa shape index (κ3) is 4.84. The molecule has 1 aromatic carbocycles. The van der Waals surface area contributed by atoms with Gasteiger partial charge in [-0.1, -0.05) is 18.2 Å². The molecule has 1 aromatic heterocycles. The molecule has 4 rings (SSSR count). The standard InChI is InChI=1S/C23H32N4O3/c1-26-16-18(15-25-26)17-27-10-7-23(8-11-27)14-19(13-22(28)24-9-12-29-2)20-5-3-4-6-21(20)30-23/h3-6,15-16,19H,7-14,17H2,1-2H3,(H,24,28)/t19-/m0/s1. The fourth-order valence-electron chi connectivity index (χ4n) is 4.75. The minimum atomic E-state index is -0.183. The molecule has 2 aliphatic rings. The summed E-state index contributed by atoms with van der Waals surface area (Å²) < 4.78 is 13.5. The highest BCUT2D eigenvalue weighted by atomic mass is 16.5. The van der Waals surface area contributed by atoms with Crippen LogP contribution >= 0.6 is 0 Å². The Balaban J connectivity index is 1.41. The van der Waals surface area contributed by atoms with Crippen molar-refractivity contribution < 1.29 is 14.3 Å². The number of hydrogen-bond donors (Lipinski definition) is 1. The molecule has 0 aliphatic carbocycles. The first kappa shape index (κ1) is 20.9. The molecule has 1 N–H and O–H groups in total. The third-order valence-corrected chi connectivity index (χ3v) is 6.30. The number of rotatable bonds is 7. The molecule has 0 unspecified atom stereocenters. The summed E-state index contributed by atoms with van der Waals surface area (Å²) in [5.74, 6) is 1.21. The topological polar surface area (TPSA) is 68.6 Å². The van der Waals surface area contributed by atoms with E-state index in [4.69, 9.17) is 9.47 Å². The highest BCUT2D eigenvalue weighted by Gasteiger charge is 2.43. The number of benzene rings is 1. The Morgan fingerprint density at radius 2 is 2.13 bits per heavy atom. The summed E-state index contributed by atoms with van der Waals surface area (Å²) in [6.07, 6.45) is 7.35. The average Bonchev–Trinajstić information content (AvgIpc) is 3.15. The third-order valence-electron chi connectivity index (χ3n) is 6.30. The van der Waals surface area contributed by atoms with Crippen LogP contribution in [0.5, 0.6) is 5.75 Å². The van der Waals surface area contributed by atoms with E-state index in [1.807, 2.05) is 36.1 Å². The molecule has 0 bridgehead atoms. The molecule has 2 aliphatic heterocycles. The molecule has 1 spiro atoms. The van der Waals surface area contributed by atoms with Gasteiger partial charge in [0.05, 0.1) is 12.8 Å². The number of aromatic nitrogens is 2. The van der Waals surface area contributed by atoms with E-state index in [9.17, 15) is 4.79 Å². The Morgan fingerprint density at radius 3 is 2.87 bits per heavy atom. The van der Waals surface area contributed by atoms with Crippen LogP contribution in [0.15, 0.2) is 36.7 Å². The summed E-state index contributed by atoms with van der Waals surface area (Å²) in [5, 5.41) is 7.24. The first-order valence-corrected chi connectivity index (χ1v) is 10.8. The molecule has 2 aromatic rings. The van der Waals surface area contributed by atoms with Gasteiger partial charge in [-0.3, -0.25) is 14.4 Å². The number of ether oxygens (including phenoxy) is 2. The van der Waals surface area contributed by atoms with Crippen LogP contribution in [-0.2, 0) is 23.1 Å². The van der Waals surface area contributed by atoms with Crippen LogP contribution in [-0.4, -0.2) is 59.5 Å². The number of para-hydroxylation sites is 1. The van der Waals surface area contributed by atoms with Gasteiger partial charge in [0.1, 0.15) is 11.4 Å². The molecule has 1 amide bonds. The van der Waals surface area contributed by atoms with E-state index in [-0.39, 0.29) is 17.4 Å². The lowest BCUT2D eigenvalue weighted by Gasteiger charge is -2.47. The number of hydrogen-bond acceptors (Lipinski definition) is 5. The quantitative estimate of drug-likeness (QED) is 0.708. The summed E-state index contributed by atoms with van der Waals surface area (Å²) in [6.45, 7) is 3.99. The van der Waals surface area contributed by atoms with Gasteiger partial charge in [-0.15, -0.1) is 0 Å². The molecule has 162 valence electrons. The summed E-state index contributed by atoms with van der Waals surface area (Å²) in [6, 6.07) is 8.21. The van der Waals surface area contributed by atoms with E-state index in [1.165, 1.54) is 5.56 Å². The van der Waals surface area contributed by atoms with Crippen molar-refractivity contribution in [1.29, 1.82) is 0 Å². The van der Waals surface area contributed by atoms with Gasteiger partial charge in [-0.05, 0) is 30.9 Å². The van der Waals surface area contributed by atoms with Crippen molar-refractivity contribution >= 4 is 5.91 Å². The predicted octanol–water partition coefficient (Wildman–Crippen LogP) is 2.47. The number of carbonyl (C=O) groups is 1. The van der Waals surface area contributed by atoms with Gasteiger partial charge in [-0.25, -0.2) is 0 Å². The molecule has 7 heteroatoms. The Kier molecular flexibility index (Phi) is 6.39. The molecule has 3 heterocycles. The van der Waals surface area contributed by atoms with Crippen LogP contribution in [0.4, 0.5) is 0 Å². The lowest BCUT2D eigenvalue weighted by Crippen LogP contribution is -2.50. The van der Waals surface area contributed by atoms with Gasteiger partial charge < -0.3 is 14.8 Å². The normalized spacial score (nSPS) is 20.5. The fraction of sp³-hybridized carbons (Fsp3) is 0.565. The van der Waals surface area contributed by atoms with E-state index in [0.29, 0.717) is 19.6 Å². The molecule has 0 radical (unpaired) electrons. The van der Waals surface area contributed by atoms with E-state index in [0.717, 1.165) is 50.2 Å². The summed E-state index contributed by atoms with van der Waals surface area (Å²) >= 11 is 0. The van der Waals surface area contributed by atoms with Crippen LogP contribution in [0, 0.1) is 0 Å². The molecule has 1 fully saturated rings. The van der Waals surface area contributed by atoms with Crippen molar-refractivity contribution in [2.75, 3.05) is 33.4 Å². The Bertz CT molecular complexity index is 858. The van der Waals surface area contributed by atoms with E-state index < -0.39 is 0 Å². The largest absolute Gasteiger partial charge is 0.487 e. The highest BCUT2D eigenvalue weighted by molar-refractivity contribution is 5.77. The molecular weight excluding hydrogens is 380 g/mol. The number of aryl methyl sites for hydroxylation is 1. The molecule has 0 saturated carbocycles. The van der Waals surface area contributed by atoms with Gasteiger partial charge in [0.2, 0.25) is 5.91 Å². The lowest BCUT2D eigenvalue weighted by molar-refractivity contribution is -0.122. The number of methoxy groups -OCH3 is 1. The number of likely N-dealkylation sites (tertiary alicyclic amines) is 1. The van der Waals surface area contributed by atoms with Crippen LogP contribution in [0.1, 0.15) is 42.7 Å². The number of carbonyl (C=O) groups excluding carboxylic acids is 1. The maximum atomic E-state index is 12.5. The molecule has 30 heavy (non-hydrogen) atoms. The average molecular weight is 413 g/mol. The first-order valence-electron chi connectivity index (χ1n) is 10.8. The van der Waals surface area contributed by atoms with Crippen molar-refractivity contribution in [3.63, 3.8) is 0 Å². The van der Waals surface area contributed by atoms with Gasteiger partial charge in [0, 0.05) is 64.4 Å². The van der Waals surface area contributed by atoms with E-state index in [1.54, 1.807) is 7.11 Å². The van der Waals surface area contributed by atoms with Gasteiger partial charge >= 0.3 is 0 Å². The number of fused-ring (bicyclic) bond motifs is 1. The zero-order valence-corrected chi connectivity index (χ0v) is 18.0. The Labute approximate surface area is 178 Å². The summed E-state index contributed by atoms with van der Waals surface area (Å²) in [5.41, 5.74) is 2.22. The van der Waals surface area contributed by atoms with Crippen LogP contribution in [0.25, 0.3) is 0 Å². The predicted molar refractivity (Wildman–Crippen MR) is 114 cm³/mol. The minimum Gasteiger partial charge on any atom is -0.487 e. The smallest absolute Gasteiger partial charge is 0.220 e. The Hall–Kier alpha value is -2.38. The molecular formula is C23H32N4O3. The van der Waals surface area contributed by atoms with Gasteiger partial charge in [0.15, 0.2) is 0 Å². The van der Waals surface area contributed by atoms with Crippen molar-refractivity contribution in [1.82, 2.24) is 20.0 Å². The van der Waals surface area contributed by atoms with Crippen molar-refractivity contribution in [3.05, 3.63) is 47.8 Å². The molecule has 1 atom stereocenters. The number of piperidine rings is 1. The zero-order chi connectivity index (χ0) is 21.0. The second-order valence-electron chi connectivity index (χ2n) is 8.57. The van der Waals surface area contributed by atoms with E-state index >= 15 is 0 Å². The second kappa shape index (κ2) is 9.18.